The predicted octanol–water partition coefficient (Wildman–Crippen LogP) is 1.29. The average molecular weight is 271 g/mol. The minimum Gasteiger partial charge on any atom is -0.476 e. The summed E-state index contributed by atoms with van der Waals surface area (Å²) >= 11 is 3.26. The van der Waals surface area contributed by atoms with Crippen molar-refractivity contribution in [3.05, 3.63) is 34.2 Å². The molecule has 0 unspecified atom stereocenters. The number of carboxylic acids is 1. The normalized spacial score (nSPS) is 10.8. The first-order valence-corrected chi connectivity index (χ1v) is 4.92. The fourth-order valence-corrected chi connectivity index (χ4v) is 1.85. The van der Waals surface area contributed by atoms with Gasteiger partial charge < -0.3 is 14.6 Å². The van der Waals surface area contributed by atoms with E-state index in [0.29, 0.717) is 11.2 Å². The number of carboxylic acid groups (broad SMARTS) is 1. The molecule has 0 radical (unpaired) electrons. The lowest BCUT2D eigenvalue weighted by atomic mass is 10.3. The molecule has 2 N–H and O–H groups in total. The number of aliphatic hydroxyl groups is 1. The zero-order valence-electron chi connectivity index (χ0n) is 7.51. The van der Waals surface area contributed by atoms with E-state index in [0.717, 1.165) is 4.47 Å². The van der Waals surface area contributed by atoms with Gasteiger partial charge in [-0.05, 0) is 22.0 Å². The molecule has 15 heavy (non-hydrogen) atoms. The summed E-state index contributed by atoms with van der Waals surface area (Å²) < 4.78 is 2.33. The quantitative estimate of drug-likeness (QED) is 0.863. The van der Waals surface area contributed by atoms with E-state index in [4.69, 9.17) is 10.2 Å². The van der Waals surface area contributed by atoms with E-state index in [2.05, 4.69) is 20.9 Å². The van der Waals surface area contributed by atoms with Crippen molar-refractivity contribution in [3.63, 3.8) is 0 Å². The summed E-state index contributed by atoms with van der Waals surface area (Å²) in [5.74, 6) is -1.08. The Labute approximate surface area is 93.1 Å². The Balaban J connectivity index is 2.74. The molecule has 2 heterocycles. The minimum absolute atomic E-state index is 0.0391. The Morgan fingerprint density at radius 2 is 2.27 bits per heavy atom. The number of aliphatic hydroxyl groups excluding tert-OH is 1. The van der Waals surface area contributed by atoms with Crippen LogP contribution in [0.3, 0.4) is 0 Å². The highest BCUT2D eigenvalue weighted by Gasteiger charge is 2.11. The summed E-state index contributed by atoms with van der Waals surface area (Å²) in [6, 6.07) is 1.70. The molecular formula is C9H7BrN2O3. The van der Waals surface area contributed by atoms with Crippen molar-refractivity contribution < 1.29 is 15.0 Å². The number of nitrogens with zero attached hydrogens (tertiary/aromatic N) is 2. The second-order valence-corrected chi connectivity index (χ2v) is 3.92. The number of aromatic nitrogens is 2. The van der Waals surface area contributed by atoms with Crippen LogP contribution in [0.4, 0.5) is 0 Å². The van der Waals surface area contributed by atoms with Crippen molar-refractivity contribution in [2.45, 2.75) is 6.61 Å². The zero-order valence-corrected chi connectivity index (χ0v) is 9.10. The first-order chi connectivity index (χ1) is 7.11. The van der Waals surface area contributed by atoms with E-state index < -0.39 is 5.97 Å². The molecule has 0 saturated heterocycles. The molecule has 0 aliphatic heterocycles. The number of carbonyl (C=O) groups is 1. The molecule has 0 atom stereocenters. The smallest absolute Gasteiger partial charge is 0.356 e. The highest BCUT2D eigenvalue weighted by molar-refractivity contribution is 9.10. The standard InChI is InChI=1S/C9H7BrN2O3/c10-6-1-5(4-13)8-11-7(9(14)15)3-12(8)2-6/h1-3,13H,4H2,(H,14,15). The number of pyridine rings is 1. The molecule has 0 saturated carbocycles. The van der Waals surface area contributed by atoms with Crippen LogP contribution in [-0.4, -0.2) is 25.6 Å². The fraction of sp³-hybridized carbons (Fsp3) is 0.111. The van der Waals surface area contributed by atoms with Gasteiger partial charge >= 0.3 is 5.97 Å². The van der Waals surface area contributed by atoms with Gasteiger partial charge in [-0.2, -0.15) is 0 Å². The monoisotopic (exact) mass is 270 g/mol. The number of hydrogen-bond donors (Lipinski definition) is 2. The molecule has 0 amide bonds. The van der Waals surface area contributed by atoms with Gasteiger partial charge in [0.05, 0.1) is 6.61 Å². The third-order valence-electron chi connectivity index (χ3n) is 1.98. The van der Waals surface area contributed by atoms with Crippen molar-refractivity contribution in [3.8, 4) is 0 Å². The van der Waals surface area contributed by atoms with Crippen LogP contribution in [0.2, 0.25) is 0 Å². The number of rotatable bonds is 2. The molecule has 0 aliphatic carbocycles. The molecule has 0 bridgehead atoms. The lowest BCUT2D eigenvalue weighted by molar-refractivity contribution is 0.0691. The topological polar surface area (TPSA) is 74.8 Å². The summed E-state index contributed by atoms with van der Waals surface area (Å²) in [5.41, 5.74) is 0.998. The van der Waals surface area contributed by atoms with Gasteiger partial charge in [0.1, 0.15) is 5.65 Å². The molecule has 0 aliphatic rings. The zero-order chi connectivity index (χ0) is 11.0. The van der Waals surface area contributed by atoms with Gasteiger partial charge in [0.15, 0.2) is 5.69 Å². The molecule has 2 rings (SSSR count). The van der Waals surface area contributed by atoms with E-state index in [9.17, 15) is 4.79 Å². The van der Waals surface area contributed by atoms with Crippen LogP contribution >= 0.6 is 15.9 Å². The van der Waals surface area contributed by atoms with Gasteiger partial charge in [0, 0.05) is 22.4 Å². The highest BCUT2D eigenvalue weighted by Crippen LogP contribution is 2.18. The minimum atomic E-state index is -1.08. The van der Waals surface area contributed by atoms with E-state index >= 15 is 0 Å². The molecule has 2 aromatic heterocycles. The van der Waals surface area contributed by atoms with Crippen LogP contribution in [-0.2, 0) is 6.61 Å². The average Bonchev–Trinajstić information content (AvgIpc) is 2.59. The maximum absolute atomic E-state index is 10.7. The number of imidazole rings is 1. The summed E-state index contributed by atoms with van der Waals surface area (Å²) in [4.78, 5) is 14.6. The van der Waals surface area contributed by atoms with E-state index in [1.54, 1.807) is 16.7 Å². The molecule has 5 nitrogen and oxygen atoms in total. The molecule has 0 spiro atoms. The number of hydrogen-bond acceptors (Lipinski definition) is 3. The van der Waals surface area contributed by atoms with Crippen molar-refractivity contribution >= 4 is 27.5 Å². The first kappa shape index (κ1) is 10.1. The van der Waals surface area contributed by atoms with Crippen LogP contribution in [0, 0.1) is 0 Å². The summed E-state index contributed by atoms with van der Waals surface area (Å²) in [7, 11) is 0. The largest absolute Gasteiger partial charge is 0.476 e. The number of fused-ring (bicyclic) bond motifs is 1. The van der Waals surface area contributed by atoms with Gasteiger partial charge in [-0.3, -0.25) is 0 Å². The van der Waals surface area contributed by atoms with Crippen molar-refractivity contribution in [2.24, 2.45) is 0 Å². The highest BCUT2D eigenvalue weighted by atomic mass is 79.9. The lowest BCUT2D eigenvalue weighted by Gasteiger charge is -2.00. The molecular weight excluding hydrogens is 264 g/mol. The van der Waals surface area contributed by atoms with E-state index in [-0.39, 0.29) is 12.3 Å². The summed E-state index contributed by atoms with van der Waals surface area (Å²) in [6.45, 7) is -0.182. The van der Waals surface area contributed by atoms with Crippen molar-refractivity contribution in [1.29, 1.82) is 0 Å². The summed E-state index contributed by atoms with van der Waals surface area (Å²) in [6.07, 6.45) is 3.09. The maximum atomic E-state index is 10.7. The Bertz CT molecular complexity index is 535. The molecule has 2 aromatic rings. The fourth-order valence-electron chi connectivity index (χ4n) is 1.35. The predicted molar refractivity (Wildman–Crippen MR) is 55.8 cm³/mol. The summed E-state index contributed by atoms with van der Waals surface area (Å²) in [5, 5.41) is 17.9. The Kier molecular flexibility index (Phi) is 2.45. The van der Waals surface area contributed by atoms with Gasteiger partial charge in [0.25, 0.3) is 0 Å². The Morgan fingerprint density at radius 3 is 2.87 bits per heavy atom. The molecule has 0 aromatic carbocycles. The first-order valence-electron chi connectivity index (χ1n) is 4.13. The third kappa shape index (κ3) is 1.73. The lowest BCUT2D eigenvalue weighted by Crippen LogP contribution is -1.95. The second-order valence-electron chi connectivity index (χ2n) is 3.00. The van der Waals surface area contributed by atoms with Gasteiger partial charge in [-0.15, -0.1) is 0 Å². The molecule has 78 valence electrons. The van der Waals surface area contributed by atoms with Gasteiger partial charge in [-0.1, -0.05) is 0 Å². The van der Waals surface area contributed by atoms with E-state index in [1.807, 2.05) is 0 Å². The molecule has 0 fully saturated rings. The maximum Gasteiger partial charge on any atom is 0.356 e. The van der Waals surface area contributed by atoms with Crippen LogP contribution in [0.1, 0.15) is 16.1 Å². The Morgan fingerprint density at radius 1 is 1.53 bits per heavy atom. The van der Waals surface area contributed by atoms with Crippen molar-refractivity contribution in [1.82, 2.24) is 9.38 Å². The van der Waals surface area contributed by atoms with Crippen LogP contribution in [0.15, 0.2) is 22.9 Å². The van der Waals surface area contributed by atoms with Crippen LogP contribution in [0.25, 0.3) is 5.65 Å². The SMILES string of the molecule is O=C(O)c1cn2cc(Br)cc(CO)c2n1. The third-order valence-corrected chi connectivity index (χ3v) is 2.42. The van der Waals surface area contributed by atoms with Crippen LogP contribution < -0.4 is 0 Å². The Hall–Kier alpha value is -1.40. The van der Waals surface area contributed by atoms with Crippen molar-refractivity contribution in [2.75, 3.05) is 0 Å². The van der Waals surface area contributed by atoms with Crippen LogP contribution in [0.5, 0.6) is 0 Å². The van der Waals surface area contributed by atoms with Gasteiger partial charge in [-0.25, -0.2) is 9.78 Å². The number of halogens is 1. The number of aromatic carboxylic acids is 1. The molecule has 6 heteroatoms. The van der Waals surface area contributed by atoms with Gasteiger partial charge in [0.2, 0.25) is 0 Å². The second kappa shape index (κ2) is 3.63. The van der Waals surface area contributed by atoms with E-state index in [1.165, 1.54) is 6.20 Å².